The van der Waals surface area contributed by atoms with Gasteiger partial charge in [-0.1, -0.05) is 24.6 Å². The van der Waals surface area contributed by atoms with Gasteiger partial charge in [-0.3, -0.25) is 4.79 Å². The van der Waals surface area contributed by atoms with Crippen molar-refractivity contribution in [2.24, 2.45) is 0 Å². The van der Waals surface area contributed by atoms with Crippen molar-refractivity contribution in [2.45, 2.75) is 45.6 Å². The number of hydrogen-bond acceptors (Lipinski definition) is 3. The van der Waals surface area contributed by atoms with Crippen molar-refractivity contribution in [1.29, 1.82) is 0 Å². The number of amides is 1. The van der Waals surface area contributed by atoms with Gasteiger partial charge in [-0.05, 0) is 50.9 Å². The van der Waals surface area contributed by atoms with E-state index in [0.717, 1.165) is 36.3 Å². The molecule has 1 heterocycles. The average Bonchev–Trinajstić information content (AvgIpc) is 3.33. The fourth-order valence-electron chi connectivity index (χ4n) is 2.96. The largest absolute Gasteiger partial charge is 0.350 e. The van der Waals surface area contributed by atoms with Crippen molar-refractivity contribution in [2.75, 3.05) is 13.1 Å². The van der Waals surface area contributed by atoms with Crippen LogP contribution in [0.15, 0.2) is 24.4 Å². The van der Waals surface area contributed by atoms with Gasteiger partial charge in [0.15, 0.2) is 0 Å². The molecule has 7 heteroatoms. The molecule has 1 aromatic heterocycles. The summed E-state index contributed by atoms with van der Waals surface area (Å²) in [6.45, 7) is 7.57. The number of aryl methyl sites for hydroxylation is 1. The summed E-state index contributed by atoms with van der Waals surface area (Å²) in [4.78, 5) is 12.7. The molecule has 0 spiro atoms. The molecule has 26 heavy (non-hydrogen) atoms. The number of carbonyl (C=O) groups excluding carboxylic acids is 1. The minimum absolute atomic E-state index is 0. The smallest absolute Gasteiger partial charge is 0.254 e. The molecule has 0 saturated heterocycles. The molecule has 0 bridgehead atoms. The normalized spacial score (nSPS) is 14.6. The topological polar surface area (TPSA) is 58.9 Å². The van der Waals surface area contributed by atoms with Gasteiger partial charge in [0.25, 0.3) is 5.91 Å². The van der Waals surface area contributed by atoms with Gasteiger partial charge in [-0.25, -0.2) is 4.68 Å². The molecule has 1 amide bonds. The minimum Gasteiger partial charge on any atom is -0.350 e. The van der Waals surface area contributed by atoms with Crippen molar-refractivity contribution in [3.05, 3.63) is 46.2 Å². The van der Waals surface area contributed by atoms with Crippen molar-refractivity contribution >= 4 is 29.9 Å². The molecule has 1 aliphatic rings. The first-order chi connectivity index (χ1) is 12.0. The van der Waals surface area contributed by atoms with Crippen LogP contribution in [-0.2, 0) is 0 Å². The van der Waals surface area contributed by atoms with E-state index in [1.165, 1.54) is 0 Å². The summed E-state index contributed by atoms with van der Waals surface area (Å²) in [6, 6.07) is 6.12. The van der Waals surface area contributed by atoms with Crippen LogP contribution in [0.25, 0.3) is 5.69 Å². The Bertz CT molecular complexity index is 771. The van der Waals surface area contributed by atoms with Gasteiger partial charge in [0.1, 0.15) is 0 Å². The number of likely N-dealkylation sites (N-methyl/N-ethyl adjacent to an activating group) is 1. The fraction of sp³-hybridized carbons (Fsp3) is 0.474. The monoisotopic (exact) mass is 396 g/mol. The van der Waals surface area contributed by atoms with E-state index < -0.39 is 0 Å². The highest BCUT2D eigenvalue weighted by molar-refractivity contribution is 6.31. The molecule has 2 N–H and O–H groups in total. The van der Waals surface area contributed by atoms with Crippen LogP contribution in [-0.4, -0.2) is 34.8 Å². The van der Waals surface area contributed by atoms with E-state index >= 15 is 0 Å². The van der Waals surface area contributed by atoms with Crippen LogP contribution in [0.1, 0.15) is 54.2 Å². The zero-order chi connectivity index (χ0) is 18.0. The number of halogens is 2. The summed E-state index contributed by atoms with van der Waals surface area (Å²) in [6.07, 6.45) is 3.87. The number of nitrogens with one attached hydrogen (secondary N) is 2. The van der Waals surface area contributed by atoms with E-state index in [1.807, 2.05) is 29.8 Å². The Balaban J connectivity index is 0.00000243. The molecule has 0 unspecified atom stereocenters. The summed E-state index contributed by atoms with van der Waals surface area (Å²) in [5.74, 6) is 0.339. The summed E-state index contributed by atoms with van der Waals surface area (Å²) in [5.41, 5.74) is 3.59. The van der Waals surface area contributed by atoms with Crippen LogP contribution in [0.3, 0.4) is 0 Å². The minimum atomic E-state index is -0.0592. The van der Waals surface area contributed by atoms with Gasteiger partial charge >= 0.3 is 0 Å². The predicted molar refractivity (Wildman–Crippen MR) is 108 cm³/mol. The van der Waals surface area contributed by atoms with Crippen LogP contribution in [0.4, 0.5) is 0 Å². The van der Waals surface area contributed by atoms with E-state index in [2.05, 4.69) is 29.6 Å². The molecule has 1 aromatic carbocycles. The summed E-state index contributed by atoms with van der Waals surface area (Å²) >= 11 is 6.27. The molecule has 0 aliphatic heterocycles. The highest BCUT2D eigenvalue weighted by Gasteiger charge is 2.33. The van der Waals surface area contributed by atoms with Gasteiger partial charge in [-0.2, -0.15) is 5.10 Å². The van der Waals surface area contributed by atoms with E-state index in [9.17, 15) is 4.79 Å². The molecule has 1 aliphatic carbocycles. The second-order valence-electron chi connectivity index (χ2n) is 6.73. The number of benzene rings is 1. The first-order valence-corrected chi connectivity index (χ1v) is 9.25. The molecule has 3 rings (SSSR count). The second-order valence-corrected chi connectivity index (χ2v) is 7.14. The van der Waals surface area contributed by atoms with Crippen molar-refractivity contribution in [1.82, 2.24) is 20.4 Å². The molecular formula is C19H26Cl2N4O. The first-order valence-electron chi connectivity index (χ1n) is 8.87. The Morgan fingerprint density at radius 3 is 2.77 bits per heavy atom. The molecule has 1 atom stereocenters. The summed E-state index contributed by atoms with van der Waals surface area (Å²) in [5, 5.41) is 11.5. The molecule has 1 fully saturated rings. The lowest BCUT2D eigenvalue weighted by Crippen LogP contribution is -2.39. The third kappa shape index (κ3) is 4.58. The van der Waals surface area contributed by atoms with E-state index in [-0.39, 0.29) is 24.4 Å². The van der Waals surface area contributed by atoms with E-state index in [0.29, 0.717) is 23.0 Å². The zero-order valence-corrected chi connectivity index (χ0v) is 17.0. The van der Waals surface area contributed by atoms with Gasteiger partial charge in [0, 0.05) is 23.5 Å². The molecule has 5 nitrogen and oxygen atoms in total. The fourth-order valence-corrected chi connectivity index (χ4v) is 3.14. The molecule has 1 saturated carbocycles. The van der Waals surface area contributed by atoms with Crippen molar-refractivity contribution < 1.29 is 4.79 Å². The second kappa shape index (κ2) is 8.89. The standard InChI is InChI=1S/C19H25ClN4O.ClH/c1-4-21-13(3)10-22-19(25)16-11-23-24(18(16)14-6-7-14)15-8-5-12(2)17(20)9-15;/h5,8-9,11,13-14,21H,4,6-7,10H2,1-3H3,(H,22,25);1H/t13-;/m1./s1. The number of aromatic nitrogens is 2. The maximum Gasteiger partial charge on any atom is 0.254 e. The molecule has 0 radical (unpaired) electrons. The Morgan fingerprint density at radius 2 is 2.15 bits per heavy atom. The van der Waals surface area contributed by atoms with Gasteiger partial charge in [0.2, 0.25) is 0 Å². The number of carbonyl (C=O) groups is 1. The van der Waals surface area contributed by atoms with Crippen LogP contribution in [0, 0.1) is 6.92 Å². The Morgan fingerprint density at radius 1 is 1.42 bits per heavy atom. The van der Waals surface area contributed by atoms with Crippen LogP contribution in [0.2, 0.25) is 5.02 Å². The zero-order valence-electron chi connectivity index (χ0n) is 15.4. The van der Waals surface area contributed by atoms with Crippen LogP contribution >= 0.6 is 24.0 Å². The maximum atomic E-state index is 12.7. The number of hydrogen-bond donors (Lipinski definition) is 2. The van der Waals surface area contributed by atoms with E-state index in [4.69, 9.17) is 11.6 Å². The predicted octanol–water partition coefficient (Wildman–Crippen LogP) is 3.86. The number of rotatable bonds is 7. The highest BCUT2D eigenvalue weighted by Crippen LogP contribution is 2.42. The lowest BCUT2D eigenvalue weighted by atomic mass is 10.1. The quantitative estimate of drug-likeness (QED) is 0.746. The Labute approximate surface area is 165 Å². The lowest BCUT2D eigenvalue weighted by Gasteiger charge is -2.14. The molecular weight excluding hydrogens is 371 g/mol. The molecule has 2 aromatic rings. The van der Waals surface area contributed by atoms with Crippen molar-refractivity contribution in [3.8, 4) is 5.69 Å². The number of nitrogens with zero attached hydrogens (tertiary/aromatic N) is 2. The van der Waals surface area contributed by atoms with Gasteiger partial charge in [-0.15, -0.1) is 12.4 Å². The SMILES string of the molecule is CCN[C@H](C)CNC(=O)c1cnn(-c2ccc(C)c(Cl)c2)c1C1CC1.Cl. The van der Waals surface area contributed by atoms with Gasteiger partial charge < -0.3 is 10.6 Å². The summed E-state index contributed by atoms with van der Waals surface area (Å²) < 4.78 is 1.87. The Kier molecular flexibility index (Phi) is 7.09. The first kappa shape index (κ1) is 20.7. The maximum absolute atomic E-state index is 12.7. The van der Waals surface area contributed by atoms with E-state index in [1.54, 1.807) is 6.20 Å². The average molecular weight is 397 g/mol. The van der Waals surface area contributed by atoms with Crippen LogP contribution in [0.5, 0.6) is 0 Å². The van der Waals surface area contributed by atoms with Gasteiger partial charge in [0.05, 0.1) is 23.1 Å². The summed E-state index contributed by atoms with van der Waals surface area (Å²) in [7, 11) is 0. The third-order valence-electron chi connectivity index (χ3n) is 4.54. The highest BCUT2D eigenvalue weighted by atomic mass is 35.5. The lowest BCUT2D eigenvalue weighted by molar-refractivity contribution is 0.0949. The van der Waals surface area contributed by atoms with Crippen molar-refractivity contribution in [3.63, 3.8) is 0 Å². The Hall–Kier alpha value is -1.56. The third-order valence-corrected chi connectivity index (χ3v) is 4.94. The molecule has 142 valence electrons. The van der Waals surface area contributed by atoms with Crippen LogP contribution < -0.4 is 10.6 Å².